The maximum absolute atomic E-state index is 10.6. The molecule has 2 aromatic rings. The summed E-state index contributed by atoms with van der Waals surface area (Å²) >= 11 is 0. The summed E-state index contributed by atoms with van der Waals surface area (Å²) in [5, 5.41) is 8.69. The van der Waals surface area contributed by atoms with Gasteiger partial charge in [0, 0.05) is 6.20 Å². The van der Waals surface area contributed by atoms with Crippen molar-refractivity contribution in [3.05, 3.63) is 54.4 Å². The molecule has 0 spiro atoms. The summed E-state index contributed by atoms with van der Waals surface area (Å²) in [7, 11) is 0. The van der Waals surface area contributed by atoms with Crippen LogP contribution in [0.5, 0.6) is 0 Å². The molecule has 80 valence electrons. The van der Waals surface area contributed by atoms with Crippen LogP contribution < -0.4 is 0 Å². The van der Waals surface area contributed by atoms with Crippen LogP contribution >= 0.6 is 0 Å². The quantitative estimate of drug-likeness (QED) is 0.851. The molecule has 3 nitrogen and oxygen atoms in total. The molecule has 0 amide bonds. The first-order valence-electron chi connectivity index (χ1n) is 4.98. The van der Waals surface area contributed by atoms with Crippen molar-refractivity contribution in [2.75, 3.05) is 0 Å². The van der Waals surface area contributed by atoms with Crippen molar-refractivity contribution in [2.24, 2.45) is 0 Å². The Balaban J connectivity index is 2.33. The Kier molecular flexibility index (Phi) is 2.96. The van der Waals surface area contributed by atoms with Crippen LogP contribution in [0.4, 0.5) is 0 Å². The molecule has 1 aromatic heterocycles. The molecule has 0 atom stereocenters. The van der Waals surface area contributed by atoms with Crippen molar-refractivity contribution >= 4 is 5.97 Å². The van der Waals surface area contributed by atoms with Crippen LogP contribution in [-0.4, -0.2) is 16.1 Å². The second-order valence-electron chi connectivity index (χ2n) is 3.47. The number of hydrogen-bond acceptors (Lipinski definition) is 2. The van der Waals surface area contributed by atoms with Gasteiger partial charge in [0.25, 0.3) is 0 Å². The van der Waals surface area contributed by atoms with E-state index in [0.717, 1.165) is 11.1 Å². The summed E-state index contributed by atoms with van der Waals surface area (Å²) in [6, 6.07) is 13.5. The van der Waals surface area contributed by atoms with Gasteiger partial charge in [-0.1, -0.05) is 30.3 Å². The molecule has 0 saturated carbocycles. The summed E-state index contributed by atoms with van der Waals surface area (Å²) in [5.74, 6) is -0.863. The van der Waals surface area contributed by atoms with Gasteiger partial charge < -0.3 is 5.11 Å². The highest BCUT2D eigenvalue weighted by atomic mass is 16.4. The summed E-state index contributed by atoms with van der Waals surface area (Å²) in [6.07, 6.45) is 1.60. The minimum absolute atomic E-state index is 0.0410. The van der Waals surface area contributed by atoms with Crippen molar-refractivity contribution in [1.82, 2.24) is 4.98 Å². The number of carbonyl (C=O) groups is 1. The van der Waals surface area contributed by atoms with Gasteiger partial charge in [-0.25, -0.2) is 0 Å². The smallest absolute Gasteiger partial charge is 0.309 e. The topological polar surface area (TPSA) is 50.2 Å². The number of carboxylic acid groups (broad SMARTS) is 1. The minimum atomic E-state index is -0.863. The van der Waals surface area contributed by atoms with E-state index in [1.165, 1.54) is 0 Å². The van der Waals surface area contributed by atoms with Crippen LogP contribution in [0.3, 0.4) is 0 Å². The average Bonchev–Trinajstić information content (AvgIpc) is 2.30. The number of carboxylic acids is 1. The average molecular weight is 213 g/mol. The number of benzene rings is 1. The second-order valence-corrected chi connectivity index (χ2v) is 3.47. The Morgan fingerprint density at radius 2 is 1.88 bits per heavy atom. The van der Waals surface area contributed by atoms with E-state index in [9.17, 15) is 4.79 Å². The predicted molar refractivity (Wildman–Crippen MR) is 61.0 cm³/mol. The van der Waals surface area contributed by atoms with Gasteiger partial charge in [0.05, 0.1) is 12.1 Å². The molecule has 0 unspecified atom stereocenters. The number of pyridine rings is 1. The van der Waals surface area contributed by atoms with Crippen LogP contribution in [-0.2, 0) is 11.2 Å². The van der Waals surface area contributed by atoms with Crippen molar-refractivity contribution in [1.29, 1.82) is 0 Å². The predicted octanol–water partition coefficient (Wildman–Crippen LogP) is 2.38. The fourth-order valence-corrected chi connectivity index (χ4v) is 1.54. The molecule has 0 aliphatic carbocycles. The highest BCUT2D eigenvalue weighted by Crippen LogP contribution is 2.18. The molecule has 0 bridgehead atoms. The second kappa shape index (κ2) is 4.57. The van der Waals surface area contributed by atoms with Gasteiger partial charge in [0.15, 0.2) is 0 Å². The standard InChI is InChI=1S/C13H11NO2/c15-13(16)9-12-8-11(6-7-14-12)10-4-2-1-3-5-10/h1-8H,9H2,(H,15,16). The molecular weight excluding hydrogens is 202 g/mol. The lowest BCUT2D eigenvalue weighted by molar-refractivity contribution is -0.136. The Labute approximate surface area is 93.4 Å². The fourth-order valence-electron chi connectivity index (χ4n) is 1.54. The highest BCUT2D eigenvalue weighted by Gasteiger charge is 2.03. The van der Waals surface area contributed by atoms with Gasteiger partial charge in [-0.05, 0) is 23.3 Å². The molecule has 0 saturated heterocycles. The molecule has 16 heavy (non-hydrogen) atoms. The first-order valence-corrected chi connectivity index (χ1v) is 4.98. The van der Waals surface area contributed by atoms with E-state index in [0.29, 0.717) is 5.69 Å². The van der Waals surface area contributed by atoms with Crippen LogP contribution in [0.15, 0.2) is 48.7 Å². The first-order chi connectivity index (χ1) is 7.75. The molecule has 0 aliphatic heterocycles. The summed E-state index contributed by atoms with van der Waals surface area (Å²) in [5.41, 5.74) is 2.64. The van der Waals surface area contributed by atoms with Gasteiger partial charge in [0.2, 0.25) is 0 Å². The number of aliphatic carboxylic acids is 1. The molecular formula is C13H11NO2. The maximum atomic E-state index is 10.6. The monoisotopic (exact) mass is 213 g/mol. The van der Waals surface area contributed by atoms with Crippen molar-refractivity contribution in [3.63, 3.8) is 0 Å². The third kappa shape index (κ3) is 2.45. The minimum Gasteiger partial charge on any atom is -0.481 e. The molecule has 0 aliphatic rings. The number of nitrogens with zero attached hydrogens (tertiary/aromatic N) is 1. The van der Waals surface area contributed by atoms with Crippen molar-refractivity contribution in [3.8, 4) is 11.1 Å². The zero-order valence-electron chi connectivity index (χ0n) is 8.63. The zero-order valence-corrected chi connectivity index (χ0v) is 8.63. The lowest BCUT2D eigenvalue weighted by Gasteiger charge is -2.02. The molecule has 1 aromatic carbocycles. The maximum Gasteiger partial charge on any atom is 0.309 e. The van der Waals surface area contributed by atoms with Gasteiger partial charge >= 0.3 is 5.97 Å². The molecule has 3 heteroatoms. The van der Waals surface area contributed by atoms with E-state index in [-0.39, 0.29) is 6.42 Å². The number of hydrogen-bond donors (Lipinski definition) is 1. The van der Waals surface area contributed by atoms with E-state index in [1.807, 2.05) is 42.5 Å². The van der Waals surface area contributed by atoms with Crippen LogP contribution in [0.25, 0.3) is 11.1 Å². The number of aromatic nitrogens is 1. The first kappa shape index (κ1) is 10.4. The van der Waals surface area contributed by atoms with Crippen molar-refractivity contribution < 1.29 is 9.90 Å². The van der Waals surface area contributed by atoms with Crippen LogP contribution in [0, 0.1) is 0 Å². The summed E-state index contributed by atoms with van der Waals surface area (Å²) in [6.45, 7) is 0. The van der Waals surface area contributed by atoms with Crippen LogP contribution in [0.1, 0.15) is 5.69 Å². The van der Waals surface area contributed by atoms with E-state index < -0.39 is 5.97 Å². The molecule has 1 N–H and O–H groups in total. The van der Waals surface area contributed by atoms with E-state index in [2.05, 4.69) is 4.98 Å². The molecule has 0 fully saturated rings. The Morgan fingerprint density at radius 3 is 2.56 bits per heavy atom. The highest BCUT2D eigenvalue weighted by molar-refractivity contribution is 5.71. The third-order valence-electron chi connectivity index (χ3n) is 2.26. The van der Waals surface area contributed by atoms with Gasteiger partial charge in [-0.3, -0.25) is 9.78 Å². The normalized spacial score (nSPS) is 10.0. The van der Waals surface area contributed by atoms with Crippen LogP contribution in [0.2, 0.25) is 0 Å². The lowest BCUT2D eigenvalue weighted by atomic mass is 10.1. The lowest BCUT2D eigenvalue weighted by Crippen LogP contribution is -2.01. The molecule has 0 radical (unpaired) electrons. The van der Waals surface area contributed by atoms with E-state index >= 15 is 0 Å². The molecule has 1 heterocycles. The van der Waals surface area contributed by atoms with E-state index in [1.54, 1.807) is 6.20 Å². The Morgan fingerprint density at radius 1 is 1.12 bits per heavy atom. The van der Waals surface area contributed by atoms with Gasteiger partial charge in [-0.15, -0.1) is 0 Å². The summed E-state index contributed by atoms with van der Waals surface area (Å²) in [4.78, 5) is 14.6. The Bertz CT molecular complexity index is 494. The van der Waals surface area contributed by atoms with Gasteiger partial charge in [0.1, 0.15) is 0 Å². The Hall–Kier alpha value is -2.16. The van der Waals surface area contributed by atoms with Gasteiger partial charge in [-0.2, -0.15) is 0 Å². The van der Waals surface area contributed by atoms with Crippen molar-refractivity contribution in [2.45, 2.75) is 6.42 Å². The zero-order chi connectivity index (χ0) is 11.4. The number of rotatable bonds is 3. The van der Waals surface area contributed by atoms with E-state index in [4.69, 9.17) is 5.11 Å². The SMILES string of the molecule is O=C(O)Cc1cc(-c2ccccc2)ccn1. The third-order valence-corrected chi connectivity index (χ3v) is 2.26. The largest absolute Gasteiger partial charge is 0.481 e. The summed E-state index contributed by atoms with van der Waals surface area (Å²) < 4.78 is 0. The fraction of sp³-hybridized carbons (Fsp3) is 0.0769. The molecule has 2 rings (SSSR count).